The molecule has 0 saturated carbocycles. The number of likely N-dealkylation sites (tertiary alicyclic amines) is 1. The van der Waals surface area contributed by atoms with Crippen molar-refractivity contribution >= 4 is 28.4 Å². The highest BCUT2D eigenvalue weighted by atomic mass is 16.5. The average molecular weight is 442 g/mol. The van der Waals surface area contributed by atoms with Crippen LogP contribution in [-0.2, 0) is 16.1 Å². The smallest absolute Gasteiger partial charge is 0.296 e. The molecule has 33 heavy (non-hydrogen) atoms. The zero-order valence-corrected chi connectivity index (χ0v) is 18.2. The topological polar surface area (TPSA) is 95.8 Å². The number of aliphatic hydroxyl groups excluding tert-OH is 1. The third kappa shape index (κ3) is 3.38. The number of ketones is 1. The maximum Gasteiger partial charge on any atom is 0.296 e. The highest BCUT2D eigenvalue weighted by Crippen LogP contribution is 2.43. The van der Waals surface area contributed by atoms with E-state index in [1.54, 1.807) is 43.6 Å². The van der Waals surface area contributed by atoms with Gasteiger partial charge in [-0.15, -0.1) is 0 Å². The van der Waals surface area contributed by atoms with Crippen LogP contribution in [0.15, 0.2) is 77.0 Å². The maximum absolute atomic E-state index is 13.2. The van der Waals surface area contributed by atoms with Crippen LogP contribution in [0.2, 0.25) is 0 Å². The SMILES string of the molecule is COc1ccc(/C(O)=C2\C(=O)C(=O)N(Cc3ccco3)C2c2c[nH]c3ccccc23)cc1C. The molecule has 2 aromatic carbocycles. The molecule has 0 spiro atoms. The van der Waals surface area contributed by atoms with Gasteiger partial charge in [0.2, 0.25) is 0 Å². The number of nitrogens with one attached hydrogen (secondary N) is 1. The molecule has 1 saturated heterocycles. The Labute approximate surface area is 189 Å². The predicted octanol–water partition coefficient (Wildman–Crippen LogP) is 4.70. The summed E-state index contributed by atoms with van der Waals surface area (Å²) >= 11 is 0. The Morgan fingerprint density at radius 2 is 1.97 bits per heavy atom. The molecule has 1 fully saturated rings. The fourth-order valence-corrected chi connectivity index (χ4v) is 4.44. The van der Waals surface area contributed by atoms with Gasteiger partial charge in [-0.2, -0.15) is 0 Å². The average Bonchev–Trinajstić information content (AvgIpc) is 3.54. The summed E-state index contributed by atoms with van der Waals surface area (Å²) in [5.41, 5.74) is 2.88. The van der Waals surface area contributed by atoms with E-state index in [0.717, 1.165) is 22.0 Å². The zero-order chi connectivity index (χ0) is 23.1. The lowest BCUT2D eigenvalue weighted by atomic mass is 9.94. The highest BCUT2D eigenvalue weighted by Gasteiger charge is 2.47. The van der Waals surface area contributed by atoms with E-state index in [1.165, 1.54) is 11.2 Å². The molecule has 1 aliphatic rings. The molecule has 3 heterocycles. The molecule has 0 radical (unpaired) electrons. The van der Waals surface area contributed by atoms with E-state index in [4.69, 9.17) is 9.15 Å². The normalized spacial score (nSPS) is 17.8. The van der Waals surface area contributed by atoms with Gasteiger partial charge in [-0.3, -0.25) is 9.59 Å². The molecular formula is C26H22N2O5. The van der Waals surface area contributed by atoms with Crippen molar-refractivity contribution in [2.45, 2.75) is 19.5 Å². The highest BCUT2D eigenvalue weighted by molar-refractivity contribution is 6.46. The number of fused-ring (bicyclic) bond motifs is 1. The van der Waals surface area contributed by atoms with Gasteiger partial charge in [0.1, 0.15) is 17.3 Å². The monoisotopic (exact) mass is 442 g/mol. The lowest BCUT2D eigenvalue weighted by molar-refractivity contribution is -0.140. The maximum atomic E-state index is 13.2. The number of aromatic amines is 1. The number of carbonyl (C=O) groups excluding carboxylic acids is 2. The van der Waals surface area contributed by atoms with Crippen LogP contribution in [0.1, 0.15) is 28.5 Å². The second kappa shape index (κ2) is 8.02. The first-order chi connectivity index (χ1) is 16.0. The van der Waals surface area contributed by atoms with E-state index in [9.17, 15) is 14.7 Å². The molecule has 1 unspecified atom stereocenters. The Kier molecular flexibility index (Phi) is 5.01. The first-order valence-corrected chi connectivity index (χ1v) is 10.5. The summed E-state index contributed by atoms with van der Waals surface area (Å²) in [7, 11) is 1.57. The number of hydrogen-bond donors (Lipinski definition) is 2. The molecule has 166 valence electrons. The molecule has 2 aromatic heterocycles. The van der Waals surface area contributed by atoms with Gasteiger partial charge < -0.3 is 24.1 Å². The Hall–Kier alpha value is -4.26. The van der Waals surface area contributed by atoms with Crippen molar-refractivity contribution in [1.29, 1.82) is 0 Å². The number of furan rings is 1. The Balaban J connectivity index is 1.71. The molecular weight excluding hydrogens is 420 g/mol. The minimum Gasteiger partial charge on any atom is -0.507 e. The molecule has 0 bridgehead atoms. The van der Waals surface area contributed by atoms with Crippen molar-refractivity contribution in [3.8, 4) is 5.75 Å². The number of aliphatic hydroxyl groups is 1. The molecule has 4 aromatic rings. The Morgan fingerprint density at radius 1 is 1.15 bits per heavy atom. The number of Topliss-reactive ketones (excluding diaryl/α,β-unsaturated/α-hetero) is 1. The number of nitrogens with zero attached hydrogens (tertiary/aromatic N) is 1. The number of aryl methyl sites for hydroxylation is 1. The van der Waals surface area contributed by atoms with Crippen molar-refractivity contribution in [2.75, 3.05) is 7.11 Å². The second-order valence-electron chi connectivity index (χ2n) is 7.98. The van der Waals surface area contributed by atoms with Gasteiger partial charge >= 0.3 is 0 Å². The number of aromatic nitrogens is 1. The van der Waals surface area contributed by atoms with E-state index in [1.807, 2.05) is 31.2 Å². The summed E-state index contributed by atoms with van der Waals surface area (Å²) in [6.07, 6.45) is 3.30. The summed E-state index contributed by atoms with van der Waals surface area (Å²) in [4.78, 5) is 31.0. The van der Waals surface area contributed by atoms with E-state index >= 15 is 0 Å². The van der Waals surface area contributed by atoms with Crippen LogP contribution in [0.5, 0.6) is 5.75 Å². The van der Waals surface area contributed by atoms with Gasteiger partial charge in [-0.05, 0) is 48.9 Å². The van der Waals surface area contributed by atoms with Crippen LogP contribution in [0.25, 0.3) is 16.7 Å². The molecule has 7 nitrogen and oxygen atoms in total. The number of methoxy groups -OCH3 is 1. The first-order valence-electron chi connectivity index (χ1n) is 10.5. The number of amides is 1. The minimum atomic E-state index is -0.784. The number of hydrogen-bond acceptors (Lipinski definition) is 5. The largest absolute Gasteiger partial charge is 0.507 e. The van der Waals surface area contributed by atoms with Gasteiger partial charge in [-0.25, -0.2) is 0 Å². The van der Waals surface area contributed by atoms with Crippen molar-refractivity contribution in [2.24, 2.45) is 0 Å². The summed E-state index contributed by atoms with van der Waals surface area (Å²) in [5, 5.41) is 12.2. The number of ether oxygens (including phenoxy) is 1. The molecule has 7 heteroatoms. The lowest BCUT2D eigenvalue weighted by Crippen LogP contribution is -2.29. The van der Waals surface area contributed by atoms with E-state index in [-0.39, 0.29) is 17.9 Å². The van der Waals surface area contributed by atoms with E-state index in [0.29, 0.717) is 17.1 Å². The van der Waals surface area contributed by atoms with E-state index < -0.39 is 17.7 Å². The van der Waals surface area contributed by atoms with Gasteiger partial charge in [-0.1, -0.05) is 18.2 Å². The van der Waals surface area contributed by atoms with Crippen LogP contribution >= 0.6 is 0 Å². The predicted molar refractivity (Wildman–Crippen MR) is 123 cm³/mol. The molecule has 1 atom stereocenters. The van der Waals surface area contributed by atoms with E-state index in [2.05, 4.69) is 4.98 Å². The fraction of sp³-hybridized carbons (Fsp3) is 0.154. The summed E-state index contributed by atoms with van der Waals surface area (Å²) in [6.45, 7) is 1.95. The van der Waals surface area contributed by atoms with Crippen LogP contribution in [0, 0.1) is 6.92 Å². The molecule has 1 amide bonds. The molecule has 5 rings (SSSR count). The van der Waals surface area contributed by atoms with Gasteiger partial charge in [0, 0.05) is 28.2 Å². The number of benzene rings is 2. The summed E-state index contributed by atoms with van der Waals surface area (Å²) in [5.74, 6) is -0.437. The molecule has 2 N–H and O–H groups in total. The zero-order valence-electron chi connectivity index (χ0n) is 18.2. The van der Waals surface area contributed by atoms with Crippen molar-refractivity contribution < 1.29 is 23.8 Å². The number of para-hydroxylation sites is 1. The Bertz CT molecular complexity index is 1400. The van der Waals surface area contributed by atoms with Crippen LogP contribution < -0.4 is 4.74 Å². The van der Waals surface area contributed by atoms with Gasteiger partial charge in [0.25, 0.3) is 11.7 Å². The molecule has 1 aliphatic heterocycles. The first kappa shape index (κ1) is 20.6. The number of carbonyl (C=O) groups is 2. The Morgan fingerprint density at radius 3 is 2.70 bits per heavy atom. The van der Waals surface area contributed by atoms with Crippen molar-refractivity contribution in [1.82, 2.24) is 9.88 Å². The van der Waals surface area contributed by atoms with Crippen molar-refractivity contribution in [3.05, 3.63) is 95.1 Å². The van der Waals surface area contributed by atoms with Gasteiger partial charge in [0.05, 0.1) is 31.5 Å². The summed E-state index contributed by atoms with van der Waals surface area (Å²) in [6, 6.07) is 15.5. The minimum absolute atomic E-state index is 0.0425. The number of H-pyrrole nitrogens is 1. The number of rotatable bonds is 5. The third-order valence-electron chi connectivity index (χ3n) is 6.03. The second-order valence-corrected chi connectivity index (χ2v) is 7.98. The molecule has 0 aliphatic carbocycles. The fourth-order valence-electron chi connectivity index (χ4n) is 4.44. The lowest BCUT2D eigenvalue weighted by Gasteiger charge is -2.24. The third-order valence-corrected chi connectivity index (χ3v) is 6.03. The summed E-state index contributed by atoms with van der Waals surface area (Å²) < 4.78 is 10.8. The van der Waals surface area contributed by atoms with Gasteiger partial charge in [0.15, 0.2) is 0 Å². The van der Waals surface area contributed by atoms with Crippen LogP contribution in [0.4, 0.5) is 0 Å². The standard InChI is InChI=1S/C26H22N2O5/c1-15-12-16(9-10-21(15)32-2)24(29)22-23(19-13-27-20-8-4-3-7-18(19)20)28(26(31)25(22)30)14-17-6-5-11-33-17/h3-13,23,27,29H,14H2,1-2H3/b24-22+. The van der Waals surface area contributed by atoms with Crippen molar-refractivity contribution in [3.63, 3.8) is 0 Å². The quantitative estimate of drug-likeness (QED) is 0.265. The van der Waals surface area contributed by atoms with Crippen LogP contribution in [-0.4, -0.2) is 33.8 Å². The van der Waals surface area contributed by atoms with Crippen LogP contribution in [0.3, 0.4) is 0 Å².